The number of para-hydroxylation sites is 2. The maximum Gasteiger partial charge on any atom is 0.499 e. The molecule has 0 bridgehead atoms. The number of nitrogens with zero attached hydrogens (tertiary/aromatic N) is 3. The predicted octanol–water partition coefficient (Wildman–Crippen LogP) is 16.6. The molecule has 4 heteroatoms. The number of aryl methyl sites for hydroxylation is 1. The Bertz CT molecular complexity index is 3760. The molecule has 4 nitrogen and oxygen atoms in total. The highest BCUT2D eigenvalue weighted by Gasteiger charge is 2.68. The molecule has 10 aromatic rings. The molecule has 13 rings (SSSR count). The molecular weight excluding hydrogens is 875 g/mol. The van der Waals surface area contributed by atoms with Crippen molar-refractivity contribution in [2.45, 2.75) is 90.8 Å². The first-order valence-corrected chi connectivity index (χ1v) is 26.2. The van der Waals surface area contributed by atoms with Crippen LogP contribution in [0.1, 0.15) is 89.5 Å². The van der Waals surface area contributed by atoms with Crippen molar-refractivity contribution in [3.63, 3.8) is 0 Å². The van der Waals surface area contributed by atoms with Gasteiger partial charge in [0.05, 0.1) is 5.56 Å². The first-order chi connectivity index (χ1) is 35.1. The van der Waals surface area contributed by atoms with E-state index in [4.69, 9.17) is 4.74 Å². The van der Waals surface area contributed by atoms with Gasteiger partial charge in [0.25, 0.3) is 0 Å². The molecule has 3 aliphatic rings. The average molecular weight is 936 g/mol. The van der Waals surface area contributed by atoms with Crippen LogP contribution < -0.4 is 13.9 Å². The van der Waals surface area contributed by atoms with Crippen molar-refractivity contribution in [3.05, 3.63) is 217 Å². The molecule has 0 radical (unpaired) electrons. The number of aromatic nitrogens is 3. The normalized spacial score (nSPS) is 15.0. The highest BCUT2D eigenvalue weighted by Crippen LogP contribution is 2.55. The van der Waals surface area contributed by atoms with Gasteiger partial charge in [0.15, 0.2) is 17.2 Å². The molecule has 0 saturated heterocycles. The molecule has 2 aromatic heterocycles. The van der Waals surface area contributed by atoms with Crippen molar-refractivity contribution < 1.29 is 13.9 Å². The Morgan fingerprint density at radius 3 is 1.69 bits per heavy atom. The van der Waals surface area contributed by atoms with E-state index in [2.05, 4.69) is 256 Å². The lowest BCUT2D eigenvalue weighted by Crippen LogP contribution is -2.78. The summed E-state index contributed by atoms with van der Waals surface area (Å²) in [5.74, 6) is 0.915. The molecule has 1 spiro atoms. The van der Waals surface area contributed by atoms with Gasteiger partial charge < -0.3 is 4.74 Å². The van der Waals surface area contributed by atoms with E-state index < -0.39 is 5.85 Å². The number of pyridine rings is 1. The van der Waals surface area contributed by atoms with Gasteiger partial charge in [-0.1, -0.05) is 169 Å². The van der Waals surface area contributed by atoms with Gasteiger partial charge in [-0.3, -0.25) is 0 Å². The number of fused-ring (bicyclic) bond motifs is 5. The largest absolute Gasteiger partial charge is 0.499 e. The maximum atomic E-state index is 7.76. The summed E-state index contributed by atoms with van der Waals surface area (Å²) in [6.07, 6.45) is 6.60. The van der Waals surface area contributed by atoms with Crippen molar-refractivity contribution in [2.75, 3.05) is 0 Å². The monoisotopic (exact) mass is 935 g/mol. The van der Waals surface area contributed by atoms with Gasteiger partial charge in [-0.15, -0.1) is 9.13 Å². The number of hydrogen-bond acceptors (Lipinski definition) is 1. The summed E-state index contributed by atoms with van der Waals surface area (Å²) in [5, 5.41) is 0. The average Bonchev–Trinajstić information content (AvgIpc) is 3.93. The van der Waals surface area contributed by atoms with Crippen LogP contribution in [-0.2, 0) is 16.7 Å². The van der Waals surface area contributed by atoms with E-state index in [1.807, 2.05) is 0 Å². The van der Waals surface area contributed by atoms with Crippen LogP contribution in [0.4, 0.5) is 0 Å². The molecule has 0 fully saturated rings. The van der Waals surface area contributed by atoms with E-state index in [-0.39, 0.29) is 10.8 Å². The highest BCUT2D eigenvalue weighted by molar-refractivity contribution is 5.99. The summed E-state index contributed by atoms with van der Waals surface area (Å²) < 4.78 is 15.3. The molecule has 352 valence electrons. The molecular formula is C68H61N3O+2. The van der Waals surface area contributed by atoms with Gasteiger partial charge in [-0.2, -0.15) is 4.57 Å². The first kappa shape index (κ1) is 44.1. The molecule has 0 amide bonds. The van der Waals surface area contributed by atoms with Crippen LogP contribution in [-0.4, -0.2) is 4.57 Å². The molecule has 1 unspecified atom stereocenters. The topological polar surface area (TPSA) is 21.9 Å². The predicted molar refractivity (Wildman–Crippen MR) is 295 cm³/mol. The minimum Gasteiger partial charge on any atom is -0.392 e. The number of rotatable bonds is 11. The fourth-order valence-electron chi connectivity index (χ4n) is 12.7. The Labute approximate surface area is 424 Å². The van der Waals surface area contributed by atoms with Gasteiger partial charge in [-0.05, 0) is 153 Å². The summed E-state index contributed by atoms with van der Waals surface area (Å²) in [5.41, 5.74) is 24.5. The van der Waals surface area contributed by atoms with Crippen molar-refractivity contribution >= 4 is 11.0 Å². The zero-order chi connectivity index (χ0) is 49.1. The van der Waals surface area contributed by atoms with Gasteiger partial charge in [0.2, 0.25) is 5.69 Å². The van der Waals surface area contributed by atoms with Crippen LogP contribution in [0.2, 0.25) is 0 Å². The summed E-state index contributed by atoms with van der Waals surface area (Å²) in [7, 11) is 0. The second-order valence-corrected chi connectivity index (χ2v) is 21.1. The van der Waals surface area contributed by atoms with Crippen molar-refractivity contribution in [1.82, 2.24) is 4.57 Å². The van der Waals surface area contributed by atoms with Crippen LogP contribution in [0.15, 0.2) is 194 Å². The van der Waals surface area contributed by atoms with Crippen LogP contribution in [0.5, 0.6) is 5.75 Å². The Kier molecular flexibility index (Phi) is 10.0. The van der Waals surface area contributed by atoms with Crippen molar-refractivity contribution in [2.24, 2.45) is 0 Å². The van der Waals surface area contributed by atoms with Crippen molar-refractivity contribution in [3.8, 4) is 89.7 Å². The number of imidazole rings is 1. The van der Waals surface area contributed by atoms with E-state index in [0.29, 0.717) is 0 Å². The molecule has 0 aliphatic carbocycles. The third-order valence-corrected chi connectivity index (χ3v) is 17.5. The zero-order valence-electron chi connectivity index (χ0n) is 42.6. The molecule has 0 N–H and O–H groups in total. The number of benzene rings is 8. The van der Waals surface area contributed by atoms with Crippen LogP contribution in [0.3, 0.4) is 0 Å². The molecule has 1 atom stereocenters. The van der Waals surface area contributed by atoms with Gasteiger partial charge in [0, 0.05) is 23.3 Å². The smallest absolute Gasteiger partial charge is 0.392 e. The van der Waals surface area contributed by atoms with Gasteiger partial charge in [0.1, 0.15) is 22.6 Å². The Hall–Kier alpha value is -7.82. The zero-order valence-corrected chi connectivity index (χ0v) is 42.6. The maximum absolute atomic E-state index is 7.76. The lowest BCUT2D eigenvalue weighted by molar-refractivity contribution is -0.997. The fourth-order valence-corrected chi connectivity index (χ4v) is 12.7. The van der Waals surface area contributed by atoms with E-state index in [1.54, 1.807) is 0 Å². The van der Waals surface area contributed by atoms with Crippen molar-refractivity contribution in [1.29, 1.82) is 0 Å². The van der Waals surface area contributed by atoms with E-state index in [9.17, 15) is 0 Å². The minimum absolute atomic E-state index is 0.0492. The highest BCUT2D eigenvalue weighted by atomic mass is 16.5. The molecule has 0 saturated carbocycles. The fraction of sp³-hybridized carbons (Fsp3) is 0.206. The summed E-state index contributed by atoms with van der Waals surface area (Å²) in [6.45, 7) is 16.7. The number of ether oxygens (including phenoxy) is 1. The minimum atomic E-state index is -1.05. The van der Waals surface area contributed by atoms with Crippen LogP contribution >= 0.6 is 0 Å². The molecule has 3 aliphatic heterocycles. The molecule has 5 heterocycles. The lowest BCUT2D eigenvalue weighted by atomic mass is 9.68. The Morgan fingerprint density at radius 1 is 0.486 bits per heavy atom. The van der Waals surface area contributed by atoms with E-state index in [1.165, 1.54) is 77.9 Å². The second-order valence-electron chi connectivity index (χ2n) is 21.1. The standard InChI is InChI=1S/C68H61N3O/c1-8-66(6,9-2)56-28-21-29-57(67(7,10-3)11-4)62(56)50-36-37-58(44(5)40-50)70-59-30-20-27-52-54-41-51(46-24-16-13-17-25-46)42-55-60-43-49(48-34-32-47(33-35-48)45-22-14-12-15-23-45)38-39-69(60)68(63(54)55)71(64(52)59)65(70)53-26-18-19-31-61(53)72-68/h12-43H,8-11H2,1-7H3/q+2. The molecule has 72 heavy (non-hydrogen) atoms. The SMILES string of the molecule is CCC(C)(CC)c1cccc(C(C)(CC)CC)c1-c1ccc(-n2c3[n+]4c5c(cccc52)-c2cc(-c5ccccc5)cc5c2C4(Oc2ccccc2-3)[n+]2ccc(-c3ccc(-c4ccccc4)cc3)cc2-5)c(C)c1. The third-order valence-electron chi connectivity index (χ3n) is 17.5. The Balaban J connectivity index is 1.07. The third kappa shape index (κ3) is 6.17. The van der Waals surface area contributed by atoms with Crippen LogP contribution in [0, 0.1) is 6.92 Å². The van der Waals surface area contributed by atoms with E-state index >= 15 is 0 Å². The quantitative estimate of drug-likeness (QED) is 0.118. The van der Waals surface area contributed by atoms with Gasteiger partial charge >= 0.3 is 11.7 Å². The van der Waals surface area contributed by atoms with Crippen LogP contribution in [0.25, 0.3) is 95.0 Å². The van der Waals surface area contributed by atoms with Gasteiger partial charge in [-0.25, -0.2) is 0 Å². The summed E-state index contributed by atoms with van der Waals surface area (Å²) >= 11 is 0. The first-order valence-electron chi connectivity index (χ1n) is 26.2. The second kappa shape index (κ2) is 16.4. The molecule has 8 aromatic carbocycles. The Morgan fingerprint density at radius 2 is 1.04 bits per heavy atom. The lowest BCUT2D eigenvalue weighted by Gasteiger charge is -2.36. The van der Waals surface area contributed by atoms with E-state index in [0.717, 1.165) is 70.8 Å². The summed E-state index contributed by atoms with van der Waals surface area (Å²) in [6, 6.07) is 70.0. The number of hydrogen-bond donors (Lipinski definition) is 0. The summed E-state index contributed by atoms with van der Waals surface area (Å²) in [4.78, 5) is 0.